The topological polar surface area (TPSA) is 227 Å². The summed E-state index contributed by atoms with van der Waals surface area (Å²) in [6.07, 6.45) is -8.44. The molecule has 7 rings (SSSR count). The number of ketones is 1. The van der Waals surface area contributed by atoms with Crippen LogP contribution in [0.2, 0.25) is 0 Å². The summed E-state index contributed by atoms with van der Waals surface area (Å²) >= 11 is 0. The van der Waals surface area contributed by atoms with Crippen LogP contribution >= 0.6 is 0 Å². The summed E-state index contributed by atoms with van der Waals surface area (Å²) in [6, 6.07) is 23.0. The molecule has 69 heavy (non-hydrogen) atoms. The second-order valence-electron chi connectivity index (χ2n) is 19.3. The van der Waals surface area contributed by atoms with Gasteiger partial charge in [-0.3, -0.25) is 24.0 Å². The van der Waals surface area contributed by atoms with Crippen LogP contribution < -0.4 is 5.32 Å². The number of carbonyl (C=O) groups excluding carboxylic acids is 7. The third kappa shape index (κ3) is 9.33. The number of aliphatic hydroxyl groups is 2. The van der Waals surface area contributed by atoms with E-state index < -0.39 is 119 Å². The molecule has 2 unspecified atom stereocenters. The molecule has 3 aromatic carbocycles. The Bertz CT molecular complexity index is 2470. The number of benzene rings is 3. The van der Waals surface area contributed by atoms with Crippen molar-refractivity contribution in [2.75, 3.05) is 6.61 Å². The third-order valence-corrected chi connectivity index (χ3v) is 14.7. The molecule has 1 saturated heterocycles. The molecule has 368 valence electrons. The van der Waals surface area contributed by atoms with Gasteiger partial charge in [0.25, 0.3) is 5.91 Å². The number of rotatable bonds is 15. The SMILES string of the molecule is CCCCCC(=O)O[C@H]1C[C@H]2OC[C@@]2(OC(C)=O)C2C(OC(=O)c3ccccc3)[C@]3(O)C[C@H](OC(=O)[C@H](O)[C@@H](NC(=O)c4ccccc4)c4ccccc4)C(C)=C([C@@H](OC(C)=O)C(=O)[C@@]21C)C3(C)C. The summed E-state index contributed by atoms with van der Waals surface area (Å²) in [5.74, 6) is -7.55. The zero-order valence-corrected chi connectivity index (χ0v) is 39.9. The molecule has 11 atom stereocenters. The van der Waals surface area contributed by atoms with Crippen molar-refractivity contribution in [1.82, 2.24) is 5.32 Å². The van der Waals surface area contributed by atoms with E-state index in [2.05, 4.69) is 5.32 Å². The van der Waals surface area contributed by atoms with E-state index >= 15 is 4.79 Å². The van der Waals surface area contributed by atoms with Gasteiger partial charge in [0.1, 0.15) is 30.0 Å². The average molecular weight is 952 g/mol. The molecular weight excluding hydrogens is 891 g/mol. The van der Waals surface area contributed by atoms with Gasteiger partial charge in [0, 0.05) is 44.1 Å². The number of unbranched alkanes of at least 4 members (excludes halogenated alkanes) is 2. The van der Waals surface area contributed by atoms with E-state index in [1.54, 1.807) is 92.7 Å². The van der Waals surface area contributed by atoms with Crippen molar-refractivity contribution in [3.05, 3.63) is 119 Å². The summed E-state index contributed by atoms with van der Waals surface area (Å²) in [7, 11) is 0. The molecular formula is C53H61NO15. The minimum absolute atomic E-state index is 0.000872. The molecule has 1 aliphatic heterocycles. The molecule has 3 aromatic rings. The van der Waals surface area contributed by atoms with Crippen molar-refractivity contribution in [1.29, 1.82) is 0 Å². The Morgan fingerprint density at radius 2 is 1.42 bits per heavy atom. The number of fused-ring (bicyclic) bond motifs is 5. The number of amides is 1. The number of nitrogens with one attached hydrogen (secondary N) is 1. The number of carbonyl (C=O) groups is 7. The Kier molecular flexibility index (Phi) is 14.7. The molecule has 2 saturated carbocycles. The lowest BCUT2D eigenvalue weighted by atomic mass is 9.44. The number of hydrogen-bond donors (Lipinski definition) is 3. The smallest absolute Gasteiger partial charge is 0.338 e. The molecule has 3 fully saturated rings. The quantitative estimate of drug-likeness (QED) is 0.0701. The van der Waals surface area contributed by atoms with Crippen molar-refractivity contribution in [3.63, 3.8) is 0 Å². The summed E-state index contributed by atoms with van der Waals surface area (Å²) < 4.78 is 37.3. The Morgan fingerprint density at radius 1 is 0.812 bits per heavy atom. The Hall–Kier alpha value is -6.23. The Labute approximate surface area is 401 Å². The first-order valence-corrected chi connectivity index (χ1v) is 23.4. The van der Waals surface area contributed by atoms with Crippen LogP contribution in [0.5, 0.6) is 0 Å². The van der Waals surface area contributed by atoms with Crippen LogP contribution in [-0.2, 0) is 52.4 Å². The van der Waals surface area contributed by atoms with Crippen molar-refractivity contribution in [2.24, 2.45) is 16.7 Å². The molecule has 3 aliphatic carbocycles. The second kappa shape index (κ2) is 20.0. The van der Waals surface area contributed by atoms with E-state index in [1.165, 1.54) is 26.0 Å². The molecule has 16 nitrogen and oxygen atoms in total. The van der Waals surface area contributed by atoms with Crippen molar-refractivity contribution in [3.8, 4) is 0 Å². The van der Waals surface area contributed by atoms with Crippen molar-refractivity contribution >= 4 is 41.5 Å². The number of Topliss-reactive ketones (excluding diaryl/α,β-unsaturated/α-hetero) is 1. The number of hydrogen-bond acceptors (Lipinski definition) is 15. The van der Waals surface area contributed by atoms with E-state index in [0.717, 1.165) is 26.7 Å². The van der Waals surface area contributed by atoms with Crippen molar-refractivity contribution in [2.45, 2.75) is 141 Å². The first-order chi connectivity index (χ1) is 32.7. The molecule has 1 amide bonds. The molecule has 0 radical (unpaired) electrons. The largest absolute Gasteiger partial charge is 0.461 e. The van der Waals surface area contributed by atoms with Crippen LogP contribution in [0.4, 0.5) is 0 Å². The van der Waals surface area contributed by atoms with Crippen LogP contribution in [-0.4, -0.2) is 106 Å². The maximum Gasteiger partial charge on any atom is 0.338 e. The first kappa shape index (κ1) is 50.6. The third-order valence-electron chi connectivity index (χ3n) is 14.7. The number of ether oxygens (including phenoxy) is 6. The summed E-state index contributed by atoms with van der Waals surface area (Å²) in [4.78, 5) is 99.0. The second-order valence-corrected chi connectivity index (χ2v) is 19.3. The fraction of sp³-hybridized carbons (Fsp3) is 0.491. The Morgan fingerprint density at radius 3 is 1.99 bits per heavy atom. The van der Waals surface area contributed by atoms with E-state index in [9.17, 15) is 39.0 Å². The van der Waals surface area contributed by atoms with E-state index in [1.807, 2.05) is 6.92 Å². The average Bonchev–Trinajstić information content (AvgIpc) is 3.31. The maximum absolute atomic E-state index is 16.1. The summed E-state index contributed by atoms with van der Waals surface area (Å²) in [6.45, 7) is 10.0. The molecule has 1 heterocycles. The van der Waals surface area contributed by atoms with Gasteiger partial charge >= 0.3 is 29.8 Å². The minimum atomic E-state index is -2.44. The zero-order valence-electron chi connectivity index (χ0n) is 39.9. The minimum Gasteiger partial charge on any atom is -0.461 e. The zero-order chi connectivity index (χ0) is 50.1. The summed E-state index contributed by atoms with van der Waals surface area (Å²) in [5, 5.41) is 28.6. The standard InChI is InChI=1S/C53H61NO15/c1-8-9-13-26-39(57)67-37-27-38-52(29-64-38,69-32(4)56)44-46(68-48(61)35-24-18-12-19-25-35)53(63)28-36(30(2)40(50(53,5)6)43(65-31(3)55)45(59)51(37,44)7)66-49(62)42(58)41(33-20-14-10-15-21-33)54-47(60)34-22-16-11-17-23-34/h10-12,14-25,36-38,41-44,46,58,63H,8-9,13,26-29H2,1-7H3,(H,54,60)/t36-,37-,38+,41-,42+,43+,44?,46?,51+,52-,53+/m0/s1. The highest BCUT2D eigenvalue weighted by Gasteiger charge is 2.79. The molecule has 16 heteroatoms. The first-order valence-electron chi connectivity index (χ1n) is 23.4. The molecule has 2 bridgehead atoms. The van der Waals surface area contributed by atoms with Gasteiger partial charge in [0.2, 0.25) is 0 Å². The van der Waals surface area contributed by atoms with Gasteiger partial charge in [-0.05, 0) is 61.2 Å². The maximum atomic E-state index is 16.1. The van der Waals surface area contributed by atoms with E-state index in [0.29, 0.717) is 12.0 Å². The normalized spacial score (nSPS) is 29.7. The lowest BCUT2D eigenvalue weighted by Gasteiger charge is -2.67. The summed E-state index contributed by atoms with van der Waals surface area (Å²) in [5.41, 5.74) is -7.21. The monoisotopic (exact) mass is 951 g/mol. The highest BCUT2D eigenvalue weighted by atomic mass is 16.6. The lowest BCUT2D eigenvalue weighted by molar-refractivity contribution is -0.346. The van der Waals surface area contributed by atoms with Crippen LogP contribution in [0.1, 0.15) is 119 Å². The van der Waals surface area contributed by atoms with Gasteiger partial charge in [-0.2, -0.15) is 0 Å². The fourth-order valence-electron chi connectivity index (χ4n) is 11.1. The van der Waals surface area contributed by atoms with Gasteiger partial charge < -0.3 is 44.0 Å². The van der Waals surface area contributed by atoms with Gasteiger partial charge in [0.05, 0.1) is 29.5 Å². The van der Waals surface area contributed by atoms with Crippen LogP contribution in [0.25, 0.3) is 0 Å². The highest BCUT2D eigenvalue weighted by molar-refractivity contribution is 5.96. The highest BCUT2D eigenvalue weighted by Crippen LogP contribution is 2.65. The van der Waals surface area contributed by atoms with Crippen LogP contribution in [0, 0.1) is 16.7 Å². The van der Waals surface area contributed by atoms with E-state index in [4.69, 9.17) is 28.4 Å². The molecule has 0 spiro atoms. The predicted octanol–water partition coefficient (Wildman–Crippen LogP) is 5.87. The number of esters is 5. The van der Waals surface area contributed by atoms with Gasteiger partial charge in [-0.1, -0.05) is 100 Å². The van der Waals surface area contributed by atoms with Crippen LogP contribution in [0.3, 0.4) is 0 Å². The molecule has 0 aromatic heterocycles. The van der Waals surface area contributed by atoms with Crippen molar-refractivity contribution < 1.29 is 72.2 Å². The number of aliphatic hydroxyl groups excluding tert-OH is 1. The Balaban J connectivity index is 1.41. The van der Waals surface area contributed by atoms with Gasteiger partial charge in [0.15, 0.2) is 23.6 Å². The predicted molar refractivity (Wildman–Crippen MR) is 246 cm³/mol. The molecule has 4 aliphatic rings. The fourth-order valence-corrected chi connectivity index (χ4v) is 11.1. The lowest BCUT2D eigenvalue weighted by Crippen LogP contribution is -2.82. The van der Waals surface area contributed by atoms with Crippen LogP contribution in [0.15, 0.2) is 102 Å². The van der Waals surface area contributed by atoms with E-state index in [-0.39, 0.29) is 41.7 Å². The van der Waals surface area contributed by atoms with Gasteiger partial charge in [-0.25, -0.2) is 9.59 Å². The van der Waals surface area contributed by atoms with Gasteiger partial charge in [-0.15, -0.1) is 0 Å². The molecule has 3 N–H and O–H groups in total.